The van der Waals surface area contributed by atoms with Gasteiger partial charge in [0.05, 0.1) is 0 Å². The van der Waals surface area contributed by atoms with Gasteiger partial charge in [-0.15, -0.1) is 0 Å². The number of likely N-dealkylation sites (tertiary alicyclic amines) is 1. The molecule has 1 saturated heterocycles. The average Bonchev–Trinajstić information content (AvgIpc) is 3.23. The first-order chi connectivity index (χ1) is 9.24. The highest BCUT2D eigenvalue weighted by Gasteiger charge is 2.34. The Morgan fingerprint density at radius 3 is 2.47 bits per heavy atom. The van der Waals surface area contributed by atoms with E-state index in [2.05, 4.69) is 49.1 Å². The van der Waals surface area contributed by atoms with Gasteiger partial charge in [0.25, 0.3) is 0 Å². The fourth-order valence-electron chi connectivity index (χ4n) is 3.67. The minimum Gasteiger partial charge on any atom is -0.303 e. The van der Waals surface area contributed by atoms with E-state index in [9.17, 15) is 0 Å². The topological polar surface area (TPSA) is 3.24 Å². The predicted octanol–water partition coefficient (Wildman–Crippen LogP) is 4.16. The van der Waals surface area contributed by atoms with Crippen LogP contribution in [0.25, 0.3) is 0 Å². The second-order valence-electron chi connectivity index (χ2n) is 6.92. The van der Waals surface area contributed by atoms with Crippen LogP contribution in [0.4, 0.5) is 0 Å². The normalized spacial score (nSPS) is 28.8. The highest BCUT2D eigenvalue weighted by Crippen LogP contribution is 2.39. The molecule has 0 bridgehead atoms. The quantitative estimate of drug-likeness (QED) is 0.783. The lowest BCUT2D eigenvalue weighted by molar-refractivity contribution is 0.119. The van der Waals surface area contributed by atoms with Gasteiger partial charge in [0.15, 0.2) is 0 Å². The molecule has 2 atom stereocenters. The summed E-state index contributed by atoms with van der Waals surface area (Å²) in [5.41, 5.74) is 1.56. The Morgan fingerprint density at radius 2 is 1.84 bits per heavy atom. The molecule has 2 aliphatic rings. The van der Waals surface area contributed by atoms with Crippen molar-refractivity contribution in [1.82, 2.24) is 4.90 Å². The Hall–Kier alpha value is -0.820. The summed E-state index contributed by atoms with van der Waals surface area (Å²) < 4.78 is 0. The zero-order valence-electron chi connectivity index (χ0n) is 12.4. The molecule has 1 aromatic carbocycles. The molecule has 2 fully saturated rings. The van der Waals surface area contributed by atoms with Gasteiger partial charge in [0.2, 0.25) is 0 Å². The van der Waals surface area contributed by atoms with E-state index in [0.29, 0.717) is 0 Å². The lowest BCUT2D eigenvalue weighted by atomic mass is 9.75. The molecule has 1 saturated carbocycles. The molecule has 104 valence electrons. The molecular weight excluding hydrogens is 230 g/mol. The molecule has 0 spiro atoms. The van der Waals surface area contributed by atoms with Gasteiger partial charge in [0, 0.05) is 13.1 Å². The van der Waals surface area contributed by atoms with Crippen molar-refractivity contribution >= 4 is 0 Å². The minimum atomic E-state index is 0.775. The summed E-state index contributed by atoms with van der Waals surface area (Å²) >= 11 is 0. The molecular formula is C18H27N. The van der Waals surface area contributed by atoms with Crippen molar-refractivity contribution in [1.29, 1.82) is 0 Å². The molecule has 1 aromatic rings. The van der Waals surface area contributed by atoms with Crippen LogP contribution < -0.4 is 0 Å². The lowest BCUT2D eigenvalue weighted by Gasteiger charge is -2.41. The molecule has 0 aromatic heterocycles. The Kier molecular flexibility index (Phi) is 3.93. The van der Waals surface area contributed by atoms with Crippen LogP contribution in [-0.4, -0.2) is 24.5 Å². The van der Waals surface area contributed by atoms with Crippen LogP contribution in [0.3, 0.4) is 0 Å². The summed E-state index contributed by atoms with van der Waals surface area (Å²) in [5.74, 6) is 3.42. The van der Waals surface area contributed by atoms with Gasteiger partial charge in [0.1, 0.15) is 0 Å². The second-order valence-corrected chi connectivity index (χ2v) is 6.92. The molecule has 3 rings (SSSR count). The maximum Gasteiger partial charge on any atom is 0.00181 e. The van der Waals surface area contributed by atoms with Crippen molar-refractivity contribution in [2.75, 3.05) is 19.6 Å². The van der Waals surface area contributed by atoms with E-state index in [4.69, 9.17) is 0 Å². The van der Waals surface area contributed by atoms with Gasteiger partial charge >= 0.3 is 0 Å². The average molecular weight is 257 g/mol. The van der Waals surface area contributed by atoms with Crippen molar-refractivity contribution in [2.45, 2.75) is 39.0 Å². The number of rotatable bonds is 4. The molecule has 0 amide bonds. The molecule has 0 radical (unpaired) electrons. The Bertz CT molecular complexity index is 393. The molecule has 1 heteroatoms. The molecule has 0 unspecified atom stereocenters. The van der Waals surface area contributed by atoms with Crippen LogP contribution in [0.5, 0.6) is 0 Å². The third-order valence-electron chi connectivity index (χ3n) is 5.04. The van der Waals surface area contributed by atoms with Gasteiger partial charge < -0.3 is 4.90 Å². The number of piperidine rings is 1. The summed E-state index contributed by atoms with van der Waals surface area (Å²) in [5, 5.41) is 0. The number of hydrogen-bond donors (Lipinski definition) is 0. The van der Waals surface area contributed by atoms with E-state index in [1.165, 1.54) is 38.9 Å². The first-order valence-electron chi connectivity index (χ1n) is 8.01. The van der Waals surface area contributed by atoms with Gasteiger partial charge in [-0.1, -0.05) is 44.2 Å². The zero-order chi connectivity index (χ0) is 13.2. The van der Waals surface area contributed by atoms with E-state index in [1.54, 1.807) is 5.56 Å². The summed E-state index contributed by atoms with van der Waals surface area (Å²) in [6.07, 6.45) is 4.30. The predicted molar refractivity (Wildman–Crippen MR) is 81.3 cm³/mol. The maximum atomic E-state index is 2.74. The van der Waals surface area contributed by atoms with Crippen LogP contribution >= 0.6 is 0 Å². The maximum absolute atomic E-state index is 2.74. The van der Waals surface area contributed by atoms with Crippen LogP contribution in [0, 0.1) is 17.8 Å². The van der Waals surface area contributed by atoms with Gasteiger partial charge in [-0.3, -0.25) is 0 Å². The van der Waals surface area contributed by atoms with Crippen molar-refractivity contribution in [2.24, 2.45) is 17.8 Å². The molecule has 1 nitrogen and oxygen atoms in total. The Morgan fingerprint density at radius 1 is 1.11 bits per heavy atom. The van der Waals surface area contributed by atoms with Gasteiger partial charge in [-0.25, -0.2) is 0 Å². The summed E-state index contributed by atoms with van der Waals surface area (Å²) in [4.78, 5) is 2.74. The first kappa shape index (κ1) is 13.2. The number of hydrogen-bond acceptors (Lipinski definition) is 1. The zero-order valence-corrected chi connectivity index (χ0v) is 12.4. The van der Waals surface area contributed by atoms with Crippen molar-refractivity contribution in [3.8, 4) is 0 Å². The summed E-state index contributed by atoms with van der Waals surface area (Å²) in [6.45, 7) is 8.79. The third kappa shape index (κ3) is 3.20. The highest BCUT2D eigenvalue weighted by molar-refractivity contribution is 5.21. The minimum absolute atomic E-state index is 0.775. The lowest BCUT2D eigenvalue weighted by Crippen LogP contribution is -2.42. The van der Waals surface area contributed by atoms with Gasteiger partial charge in [-0.05, 0) is 55.0 Å². The largest absolute Gasteiger partial charge is 0.303 e. The van der Waals surface area contributed by atoms with E-state index in [-0.39, 0.29) is 0 Å². The van der Waals surface area contributed by atoms with E-state index < -0.39 is 0 Å². The fraction of sp³-hybridized carbons (Fsp3) is 0.667. The molecule has 1 aliphatic carbocycles. The standard InChI is InChI=1S/C18H27N/c1-14(2)18-13-19(12-15-8-9-15)11-10-17(18)16-6-4-3-5-7-16/h3-7,14-15,17-18H,8-13H2,1-2H3/t17-,18-/m0/s1. The second kappa shape index (κ2) is 5.66. The molecule has 1 heterocycles. The van der Waals surface area contributed by atoms with Crippen LogP contribution in [0.15, 0.2) is 30.3 Å². The van der Waals surface area contributed by atoms with Crippen LogP contribution in [0.1, 0.15) is 44.6 Å². The van der Waals surface area contributed by atoms with Crippen molar-refractivity contribution < 1.29 is 0 Å². The molecule has 1 aliphatic heterocycles. The van der Waals surface area contributed by atoms with E-state index >= 15 is 0 Å². The smallest absolute Gasteiger partial charge is 0.00181 e. The SMILES string of the molecule is CC(C)[C@@H]1CN(CC2CC2)CC[C@H]1c1ccccc1. The Balaban J connectivity index is 1.70. The van der Waals surface area contributed by atoms with Gasteiger partial charge in [-0.2, -0.15) is 0 Å². The molecule has 19 heavy (non-hydrogen) atoms. The monoisotopic (exact) mass is 257 g/mol. The van der Waals surface area contributed by atoms with Crippen molar-refractivity contribution in [3.05, 3.63) is 35.9 Å². The van der Waals surface area contributed by atoms with E-state index in [0.717, 1.165) is 23.7 Å². The number of nitrogens with zero attached hydrogens (tertiary/aromatic N) is 1. The first-order valence-corrected chi connectivity index (χ1v) is 8.01. The van der Waals surface area contributed by atoms with Crippen molar-refractivity contribution in [3.63, 3.8) is 0 Å². The van der Waals surface area contributed by atoms with E-state index in [1.807, 2.05) is 0 Å². The number of benzene rings is 1. The summed E-state index contributed by atoms with van der Waals surface area (Å²) in [6, 6.07) is 11.2. The summed E-state index contributed by atoms with van der Waals surface area (Å²) in [7, 11) is 0. The molecule has 0 N–H and O–H groups in total. The van der Waals surface area contributed by atoms with Crippen LogP contribution in [-0.2, 0) is 0 Å². The fourth-order valence-corrected chi connectivity index (χ4v) is 3.67. The third-order valence-corrected chi connectivity index (χ3v) is 5.04. The van der Waals surface area contributed by atoms with Crippen LogP contribution in [0.2, 0.25) is 0 Å². The Labute approximate surface area is 118 Å². The highest BCUT2D eigenvalue weighted by atomic mass is 15.1.